The highest BCUT2D eigenvalue weighted by Gasteiger charge is 2.28. The van der Waals surface area contributed by atoms with Gasteiger partial charge in [0.2, 0.25) is 0 Å². The van der Waals surface area contributed by atoms with Gasteiger partial charge >= 0.3 is 0 Å². The van der Waals surface area contributed by atoms with Crippen LogP contribution in [0.15, 0.2) is 30.5 Å². The first-order valence-corrected chi connectivity index (χ1v) is 8.29. The summed E-state index contributed by atoms with van der Waals surface area (Å²) in [6.45, 7) is 0.785. The summed E-state index contributed by atoms with van der Waals surface area (Å²) in [5, 5.41) is 3.79. The Morgan fingerprint density at radius 3 is 2.77 bits per heavy atom. The Kier molecular flexibility index (Phi) is 4.68. The predicted octanol–water partition coefficient (Wildman–Crippen LogP) is 3.30. The zero-order valence-electron chi connectivity index (χ0n) is 12.6. The van der Waals surface area contributed by atoms with E-state index in [9.17, 15) is 4.79 Å². The summed E-state index contributed by atoms with van der Waals surface area (Å²) in [6.07, 6.45) is 5.90. The number of ether oxygens (including phenoxy) is 1. The molecule has 2 aromatic rings. The van der Waals surface area contributed by atoms with Crippen LogP contribution in [0.4, 0.5) is 0 Å². The van der Waals surface area contributed by atoms with E-state index < -0.39 is 0 Å². The molecule has 0 radical (unpaired) electrons. The van der Waals surface area contributed by atoms with Crippen molar-refractivity contribution in [2.45, 2.75) is 31.7 Å². The third-order valence-electron chi connectivity index (χ3n) is 4.09. The van der Waals surface area contributed by atoms with Crippen molar-refractivity contribution in [2.24, 2.45) is 0 Å². The molecule has 1 aromatic carbocycles. The topological polar surface area (TPSA) is 55.3 Å². The summed E-state index contributed by atoms with van der Waals surface area (Å²) in [7, 11) is 1.66. The highest BCUT2D eigenvalue weighted by atomic mass is 32.1. The lowest BCUT2D eigenvalue weighted by Gasteiger charge is -2.30. The maximum absolute atomic E-state index is 12.8. The molecule has 0 saturated carbocycles. The van der Waals surface area contributed by atoms with Gasteiger partial charge in [0.05, 0.1) is 19.3 Å². The van der Waals surface area contributed by atoms with Crippen LogP contribution in [0.2, 0.25) is 0 Å². The lowest BCUT2D eigenvalue weighted by molar-refractivity contribution is 0.0685. The first-order valence-electron chi connectivity index (χ1n) is 7.52. The van der Waals surface area contributed by atoms with Gasteiger partial charge in [-0.05, 0) is 42.1 Å². The van der Waals surface area contributed by atoms with Crippen molar-refractivity contribution in [2.75, 3.05) is 13.7 Å². The number of hydrogen-bond donors (Lipinski definition) is 0. The Balaban J connectivity index is 1.88. The van der Waals surface area contributed by atoms with Gasteiger partial charge in [0.15, 0.2) is 0 Å². The van der Waals surface area contributed by atoms with Crippen molar-refractivity contribution in [3.63, 3.8) is 0 Å². The molecule has 0 unspecified atom stereocenters. The Labute approximate surface area is 134 Å². The summed E-state index contributed by atoms with van der Waals surface area (Å²) in [6, 6.07) is 8.14. The molecule has 1 atom stereocenters. The lowest BCUT2D eigenvalue weighted by Crippen LogP contribution is -2.34. The van der Waals surface area contributed by atoms with E-state index in [0.717, 1.165) is 55.1 Å². The largest absolute Gasteiger partial charge is 0.497 e. The lowest BCUT2D eigenvalue weighted by atomic mass is 10.0. The van der Waals surface area contributed by atoms with Crippen LogP contribution >= 0.6 is 11.5 Å². The monoisotopic (exact) mass is 317 g/mol. The van der Waals surface area contributed by atoms with Crippen LogP contribution in [0.3, 0.4) is 0 Å². The molecule has 1 aromatic heterocycles. The highest BCUT2D eigenvalue weighted by Crippen LogP contribution is 2.32. The van der Waals surface area contributed by atoms with Crippen LogP contribution in [0.25, 0.3) is 0 Å². The van der Waals surface area contributed by atoms with Gasteiger partial charge in [0.1, 0.15) is 10.6 Å². The van der Waals surface area contributed by atoms with E-state index in [-0.39, 0.29) is 11.9 Å². The van der Waals surface area contributed by atoms with E-state index in [4.69, 9.17) is 4.74 Å². The molecule has 0 spiro atoms. The molecule has 0 N–H and O–H groups in total. The Morgan fingerprint density at radius 2 is 2.09 bits per heavy atom. The number of amides is 1. The maximum Gasteiger partial charge on any atom is 0.267 e. The molecule has 2 heterocycles. The molecule has 0 bridgehead atoms. The van der Waals surface area contributed by atoms with Gasteiger partial charge in [-0.15, -0.1) is 5.10 Å². The molecule has 116 valence electrons. The average molecular weight is 317 g/mol. The molecule has 1 saturated heterocycles. The van der Waals surface area contributed by atoms with Gasteiger partial charge in [-0.2, -0.15) is 0 Å². The standard InChI is InChI=1S/C16H19N3O2S/c1-21-13-8-6-12(7-9-13)14-5-3-2-4-10-19(14)16(20)15-11-17-18-22-15/h6-9,11,14H,2-5,10H2,1H3/t14-/m0/s1. The average Bonchev–Trinajstić information content (AvgIpc) is 2.99. The van der Waals surface area contributed by atoms with E-state index in [0.29, 0.717) is 4.88 Å². The van der Waals surface area contributed by atoms with Crippen LogP contribution in [0.5, 0.6) is 5.75 Å². The molecule has 1 fully saturated rings. The minimum absolute atomic E-state index is 0.0396. The van der Waals surface area contributed by atoms with E-state index in [2.05, 4.69) is 21.7 Å². The summed E-state index contributed by atoms with van der Waals surface area (Å²) in [5.41, 5.74) is 1.16. The van der Waals surface area contributed by atoms with E-state index in [1.165, 1.54) is 0 Å². The Hall–Kier alpha value is -1.95. The predicted molar refractivity (Wildman–Crippen MR) is 85.1 cm³/mol. The van der Waals surface area contributed by atoms with E-state index >= 15 is 0 Å². The summed E-state index contributed by atoms with van der Waals surface area (Å²) < 4.78 is 9.03. The number of aromatic nitrogens is 2. The maximum atomic E-state index is 12.8. The molecule has 6 heteroatoms. The zero-order chi connectivity index (χ0) is 15.4. The third kappa shape index (κ3) is 3.11. The van der Waals surface area contributed by atoms with Crippen molar-refractivity contribution in [1.29, 1.82) is 0 Å². The van der Waals surface area contributed by atoms with Gasteiger partial charge in [-0.1, -0.05) is 29.5 Å². The molecular weight excluding hydrogens is 298 g/mol. The normalized spacial score (nSPS) is 18.8. The molecule has 1 aliphatic rings. The number of hydrogen-bond acceptors (Lipinski definition) is 5. The van der Waals surface area contributed by atoms with E-state index in [1.807, 2.05) is 17.0 Å². The van der Waals surface area contributed by atoms with Crippen molar-refractivity contribution in [1.82, 2.24) is 14.5 Å². The minimum atomic E-state index is 0.0396. The zero-order valence-corrected chi connectivity index (χ0v) is 13.4. The number of nitrogens with zero attached hydrogens (tertiary/aromatic N) is 3. The van der Waals surface area contributed by atoms with Crippen LogP contribution in [0, 0.1) is 0 Å². The second-order valence-electron chi connectivity index (χ2n) is 5.42. The van der Waals surface area contributed by atoms with Crippen molar-refractivity contribution >= 4 is 17.4 Å². The number of methoxy groups -OCH3 is 1. The second-order valence-corrected chi connectivity index (χ2v) is 6.20. The van der Waals surface area contributed by atoms with Crippen LogP contribution in [0.1, 0.15) is 47.0 Å². The van der Waals surface area contributed by atoms with E-state index in [1.54, 1.807) is 13.3 Å². The van der Waals surface area contributed by atoms with Crippen molar-refractivity contribution < 1.29 is 9.53 Å². The van der Waals surface area contributed by atoms with Gasteiger partial charge in [-0.25, -0.2) is 0 Å². The fraction of sp³-hybridized carbons (Fsp3) is 0.438. The highest BCUT2D eigenvalue weighted by molar-refractivity contribution is 7.07. The molecule has 0 aliphatic carbocycles. The number of carbonyl (C=O) groups is 1. The smallest absolute Gasteiger partial charge is 0.267 e. The van der Waals surface area contributed by atoms with Crippen LogP contribution in [-0.2, 0) is 0 Å². The van der Waals surface area contributed by atoms with Gasteiger partial charge < -0.3 is 9.64 Å². The Bertz CT molecular complexity index is 613. The van der Waals surface area contributed by atoms with Crippen molar-refractivity contribution in [3.8, 4) is 5.75 Å². The Morgan fingerprint density at radius 1 is 1.27 bits per heavy atom. The summed E-state index contributed by atoms with van der Waals surface area (Å²) >= 11 is 1.16. The van der Waals surface area contributed by atoms with Gasteiger partial charge in [0.25, 0.3) is 5.91 Å². The molecule has 1 amide bonds. The second kappa shape index (κ2) is 6.87. The third-order valence-corrected chi connectivity index (χ3v) is 4.74. The first-order chi connectivity index (χ1) is 10.8. The minimum Gasteiger partial charge on any atom is -0.497 e. The fourth-order valence-electron chi connectivity index (χ4n) is 2.93. The molecular formula is C16H19N3O2S. The van der Waals surface area contributed by atoms with Crippen LogP contribution < -0.4 is 4.74 Å². The SMILES string of the molecule is COc1ccc([C@@H]2CCCCCN2C(=O)c2cnns2)cc1. The molecule has 22 heavy (non-hydrogen) atoms. The van der Waals surface area contributed by atoms with Crippen LogP contribution in [-0.4, -0.2) is 34.0 Å². The summed E-state index contributed by atoms with van der Waals surface area (Å²) in [4.78, 5) is 15.3. The fourth-order valence-corrected chi connectivity index (χ4v) is 3.40. The molecule has 1 aliphatic heterocycles. The number of benzene rings is 1. The number of carbonyl (C=O) groups excluding carboxylic acids is 1. The van der Waals surface area contributed by atoms with Gasteiger partial charge in [0, 0.05) is 6.54 Å². The molecule has 5 nitrogen and oxygen atoms in total. The summed E-state index contributed by atoms with van der Waals surface area (Å²) in [5.74, 6) is 0.875. The number of rotatable bonds is 3. The van der Waals surface area contributed by atoms with Gasteiger partial charge in [-0.3, -0.25) is 4.79 Å². The first kappa shape index (κ1) is 15.0. The molecule has 3 rings (SSSR count). The quantitative estimate of drug-likeness (QED) is 0.871. The number of likely N-dealkylation sites (tertiary alicyclic amines) is 1. The van der Waals surface area contributed by atoms with Crippen molar-refractivity contribution in [3.05, 3.63) is 40.9 Å².